The number of nitro groups is 1. The molecule has 0 fully saturated rings. The number of ether oxygens (including phenoxy) is 1. The predicted molar refractivity (Wildman–Crippen MR) is 73.3 cm³/mol. The third kappa shape index (κ3) is 3.31. The highest BCUT2D eigenvalue weighted by atomic mass is 16.6. The lowest BCUT2D eigenvalue weighted by Crippen LogP contribution is -1.99. The minimum Gasteiger partial charge on any atom is -0.482 e. The number of hydrogen-bond acceptors (Lipinski definition) is 3. The molecule has 98 valence electrons. The summed E-state index contributed by atoms with van der Waals surface area (Å²) >= 11 is 0. The summed E-state index contributed by atoms with van der Waals surface area (Å²) in [6.07, 6.45) is 0. The molecule has 4 heteroatoms. The molecule has 0 amide bonds. The van der Waals surface area contributed by atoms with E-state index < -0.39 is 4.92 Å². The summed E-state index contributed by atoms with van der Waals surface area (Å²) in [6, 6.07) is 12.8. The molecule has 0 aliphatic heterocycles. The van der Waals surface area contributed by atoms with Gasteiger partial charge in [0.25, 0.3) is 0 Å². The van der Waals surface area contributed by atoms with Gasteiger partial charge in [0.05, 0.1) is 4.92 Å². The molecule has 0 atom stereocenters. The van der Waals surface area contributed by atoms with Crippen LogP contribution in [0.15, 0.2) is 42.5 Å². The Morgan fingerprint density at radius 1 is 1.05 bits per heavy atom. The van der Waals surface area contributed by atoms with E-state index >= 15 is 0 Å². The number of nitro benzene ring substituents is 1. The van der Waals surface area contributed by atoms with Gasteiger partial charge in [-0.1, -0.05) is 35.9 Å². The van der Waals surface area contributed by atoms with Crippen molar-refractivity contribution in [1.29, 1.82) is 0 Å². The lowest BCUT2D eigenvalue weighted by Gasteiger charge is -2.07. The predicted octanol–water partition coefficient (Wildman–Crippen LogP) is 3.79. The third-order valence-corrected chi connectivity index (χ3v) is 2.83. The number of aryl methyl sites for hydroxylation is 2. The third-order valence-electron chi connectivity index (χ3n) is 2.83. The van der Waals surface area contributed by atoms with Crippen LogP contribution < -0.4 is 4.74 Å². The molecule has 0 aromatic heterocycles. The standard InChI is InChI=1S/C15H15NO3/c1-11-3-6-13(7-4-11)10-19-15-8-5-12(2)9-14(15)16(17)18/h3-9H,10H2,1-2H3. The highest BCUT2D eigenvalue weighted by Crippen LogP contribution is 2.28. The van der Waals surface area contributed by atoms with Crippen LogP contribution in [0.4, 0.5) is 5.69 Å². The summed E-state index contributed by atoms with van der Waals surface area (Å²) in [5, 5.41) is 11.0. The summed E-state index contributed by atoms with van der Waals surface area (Å²) in [5.41, 5.74) is 3.01. The lowest BCUT2D eigenvalue weighted by molar-refractivity contribution is -0.386. The maximum absolute atomic E-state index is 11.0. The summed E-state index contributed by atoms with van der Waals surface area (Å²) < 4.78 is 5.54. The van der Waals surface area contributed by atoms with Crippen LogP contribution in [0, 0.1) is 24.0 Å². The number of hydrogen-bond donors (Lipinski definition) is 0. The fourth-order valence-electron chi connectivity index (χ4n) is 1.74. The van der Waals surface area contributed by atoms with Gasteiger partial charge in [-0.25, -0.2) is 0 Å². The van der Waals surface area contributed by atoms with Gasteiger partial charge in [-0.15, -0.1) is 0 Å². The first kappa shape index (κ1) is 13.1. The van der Waals surface area contributed by atoms with Crippen LogP contribution in [-0.2, 0) is 6.61 Å². The summed E-state index contributed by atoms with van der Waals surface area (Å²) in [5.74, 6) is 0.302. The van der Waals surface area contributed by atoms with Gasteiger partial charge in [-0.3, -0.25) is 10.1 Å². The maximum atomic E-state index is 11.0. The smallest absolute Gasteiger partial charge is 0.311 e. The van der Waals surface area contributed by atoms with Gasteiger partial charge in [-0.05, 0) is 31.0 Å². The van der Waals surface area contributed by atoms with Crippen molar-refractivity contribution in [2.75, 3.05) is 0 Å². The van der Waals surface area contributed by atoms with Crippen molar-refractivity contribution in [3.05, 3.63) is 69.3 Å². The van der Waals surface area contributed by atoms with Crippen LogP contribution in [0.25, 0.3) is 0 Å². The molecule has 0 aliphatic carbocycles. The molecule has 0 aliphatic rings. The van der Waals surface area contributed by atoms with Crippen LogP contribution in [0.2, 0.25) is 0 Å². The first-order valence-electron chi connectivity index (χ1n) is 5.99. The minimum absolute atomic E-state index is 0.00658. The number of benzene rings is 2. The Hall–Kier alpha value is -2.36. The van der Waals surface area contributed by atoms with Crippen molar-refractivity contribution in [3.8, 4) is 5.75 Å². The largest absolute Gasteiger partial charge is 0.482 e. The first-order valence-corrected chi connectivity index (χ1v) is 5.99. The zero-order valence-electron chi connectivity index (χ0n) is 10.9. The van der Waals surface area contributed by atoms with Crippen molar-refractivity contribution in [2.24, 2.45) is 0 Å². The number of rotatable bonds is 4. The molecule has 0 unspecified atom stereocenters. The van der Waals surface area contributed by atoms with Gasteiger partial charge in [0.1, 0.15) is 6.61 Å². The Morgan fingerprint density at radius 3 is 2.32 bits per heavy atom. The Kier molecular flexibility index (Phi) is 3.80. The van der Waals surface area contributed by atoms with E-state index in [-0.39, 0.29) is 5.69 Å². The van der Waals surface area contributed by atoms with E-state index in [9.17, 15) is 10.1 Å². The quantitative estimate of drug-likeness (QED) is 0.618. The highest BCUT2D eigenvalue weighted by molar-refractivity contribution is 5.48. The van der Waals surface area contributed by atoms with E-state index in [2.05, 4.69) is 0 Å². The van der Waals surface area contributed by atoms with E-state index in [1.165, 1.54) is 11.6 Å². The molecule has 0 saturated heterocycles. The topological polar surface area (TPSA) is 52.4 Å². The molecule has 2 aromatic rings. The Bertz CT molecular complexity index is 591. The average molecular weight is 257 g/mol. The van der Waals surface area contributed by atoms with E-state index in [1.807, 2.05) is 38.1 Å². The van der Waals surface area contributed by atoms with Gasteiger partial charge in [0, 0.05) is 6.07 Å². The Labute approximate surface area is 111 Å². The van der Waals surface area contributed by atoms with E-state index in [1.54, 1.807) is 12.1 Å². The molecule has 2 rings (SSSR count). The van der Waals surface area contributed by atoms with Gasteiger partial charge < -0.3 is 4.74 Å². The fourth-order valence-corrected chi connectivity index (χ4v) is 1.74. The van der Waals surface area contributed by atoms with Gasteiger partial charge in [-0.2, -0.15) is 0 Å². The van der Waals surface area contributed by atoms with Gasteiger partial charge in [0.2, 0.25) is 0 Å². The van der Waals surface area contributed by atoms with E-state index in [4.69, 9.17) is 4.74 Å². The van der Waals surface area contributed by atoms with Crippen LogP contribution >= 0.6 is 0 Å². The Balaban J connectivity index is 2.15. The molecule has 0 radical (unpaired) electrons. The first-order chi connectivity index (χ1) is 9.06. The molecular weight excluding hydrogens is 242 g/mol. The van der Waals surface area contributed by atoms with Crippen molar-refractivity contribution < 1.29 is 9.66 Å². The second kappa shape index (κ2) is 5.52. The van der Waals surface area contributed by atoms with Gasteiger partial charge in [0.15, 0.2) is 5.75 Å². The lowest BCUT2D eigenvalue weighted by atomic mass is 10.1. The molecule has 0 saturated carbocycles. The molecule has 0 N–H and O–H groups in total. The van der Waals surface area contributed by atoms with Crippen LogP contribution in [0.5, 0.6) is 5.75 Å². The summed E-state index contributed by atoms with van der Waals surface area (Å²) in [4.78, 5) is 10.5. The average Bonchev–Trinajstić information content (AvgIpc) is 2.39. The van der Waals surface area contributed by atoms with E-state index in [0.29, 0.717) is 12.4 Å². The maximum Gasteiger partial charge on any atom is 0.311 e. The summed E-state index contributed by atoms with van der Waals surface area (Å²) in [6.45, 7) is 4.15. The zero-order chi connectivity index (χ0) is 13.8. The molecule has 0 spiro atoms. The second-order valence-electron chi connectivity index (χ2n) is 4.50. The van der Waals surface area contributed by atoms with Crippen molar-refractivity contribution in [1.82, 2.24) is 0 Å². The molecular formula is C15H15NO3. The normalized spacial score (nSPS) is 10.2. The minimum atomic E-state index is -0.419. The SMILES string of the molecule is Cc1ccc(COc2ccc(C)cc2[N+](=O)[O-])cc1. The second-order valence-corrected chi connectivity index (χ2v) is 4.50. The van der Waals surface area contributed by atoms with Crippen molar-refractivity contribution >= 4 is 5.69 Å². The fraction of sp³-hybridized carbons (Fsp3) is 0.200. The number of nitrogens with zero attached hydrogens (tertiary/aromatic N) is 1. The van der Waals surface area contributed by atoms with Crippen molar-refractivity contribution in [3.63, 3.8) is 0 Å². The zero-order valence-corrected chi connectivity index (χ0v) is 10.9. The molecule has 0 bridgehead atoms. The van der Waals surface area contributed by atoms with Gasteiger partial charge >= 0.3 is 5.69 Å². The van der Waals surface area contributed by atoms with Crippen LogP contribution in [-0.4, -0.2) is 4.92 Å². The molecule has 2 aromatic carbocycles. The van der Waals surface area contributed by atoms with E-state index in [0.717, 1.165) is 11.1 Å². The van der Waals surface area contributed by atoms with Crippen molar-refractivity contribution in [2.45, 2.75) is 20.5 Å². The Morgan fingerprint density at radius 2 is 1.68 bits per heavy atom. The molecule has 19 heavy (non-hydrogen) atoms. The van der Waals surface area contributed by atoms with Crippen LogP contribution in [0.3, 0.4) is 0 Å². The van der Waals surface area contributed by atoms with Crippen LogP contribution in [0.1, 0.15) is 16.7 Å². The highest BCUT2D eigenvalue weighted by Gasteiger charge is 2.14. The molecule has 4 nitrogen and oxygen atoms in total. The summed E-state index contributed by atoms with van der Waals surface area (Å²) in [7, 11) is 0. The monoisotopic (exact) mass is 257 g/mol. The molecule has 0 heterocycles.